The van der Waals surface area contributed by atoms with Crippen LogP contribution < -0.4 is 14.5 Å². The van der Waals surface area contributed by atoms with Crippen LogP contribution in [-0.4, -0.2) is 52.4 Å². The van der Waals surface area contributed by atoms with Gasteiger partial charge in [-0.2, -0.15) is 13.2 Å². The number of hydrogen-bond donors (Lipinski definition) is 1. The summed E-state index contributed by atoms with van der Waals surface area (Å²) < 4.78 is 51.4. The topological polar surface area (TPSA) is 96.6 Å². The minimum atomic E-state index is -4.83. The number of nitrogens with zero attached hydrogens (tertiary/aromatic N) is 4. The van der Waals surface area contributed by atoms with Crippen molar-refractivity contribution in [3.63, 3.8) is 0 Å². The highest BCUT2D eigenvalue weighted by Gasteiger charge is 2.51. The van der Waals surface area contributed by atoms with Crippen molar-refractivity contribution in [2.75, 3.05) is 29.6 Å². The van der Waals surface area contributed by atoms with Crippen molar-refractivity contribution in [1.29, 1.82) is 0 Å². The summed E-state index contributed by atoms with van der Waals surface area (Å²) in [6.45, 7) is 10.8. The molecular weight excluding hydrogens is 585 g/mol. The maximum absolute atomic E-state index is 13.6. The van der Waals surface area contributed by atoms with Crippen LogP contribution >= 0.6 is 12.2 Å². The molecule has 0 aliphatic carbocycles. The second-order valence-electron chi connectivity index (χ2n) is 10.1. The van der Waals surface area contributed by atoms with Crippen LogP contribution in [0, 0.1) is 6.57 Å². The molecule has 43 heavy (non-hydrogen) atoms. The van der Waals surface area contributed by atoms with E-state index >= 15 is 0 Å². The van der Waals surface area contributed by atoms with Gasteiger partial charge in [-0.3, -0.25) is 9.69 Å². The molecule has 2 aromatic carbocycles. The van der Waals surface area contributed by atoms with Crippen LogP contribution in [-0.2, 0) is 20.5 Å². The third kappa shape index (κ3) is 6.93. The van der Waals surface area contributed by atoms with Crippen LogP contribution in [0.3, 0.4) is 0 Å². The number of rotatable bonds is 11. The molecular formula is C30H27F3N4O5S. The predicted molar refractivity (Wildman–Crippen MR) is 157 cm³/mol. The monoisotopic (exact) mass is 612 g/mol. The molecule has 0 unspecified atom stereocenters. The Kier molecular flexibility index (Phi) is 9.32. The molecule has 1 fully saturated rings. The zero-order valence-corrected chi connectivity index (χ0v) is 24.0. The van der Waals surface area contributed by atoms with Crippen molar-refractivity contribution in [1.82, 2.24) is 4.98 Å². The smallest absolute Gasteiger partial charge is 0.409 e. The lowest BCUT2D eigenvalue weighted by molar-refractivity contribution is -0.142. The van der Waals surface area contributed by atoms with Gasteiger partial charge in [0.1, 0.15) is 24.1 Å². The average Bonchev–Trinajstić information content (AvgIpc) is 3.14. The summed E-state index contributed by atoms with van der Waals surface area (Å²) in [4.78, 5) is 32.9. The van der Waals surface area contributed by atoms with Crippen molar-refractivity contribution in [2.24, 2.45) is 0 Å². The van der Waals surface area contributed by atoms with Gasteiger partial charge in [0.15, 0.2) is 5.11 Å². The van der Waals surface area contributed by atoms with E-state index in [2.05, 4.69) is 9.83 Å². The second-order valence-corrected chi connectivity index (χ2v) is 10.4. The van der Waals surface area contributed by atoms with Crippen molar-refractivity contribution in [2.45, 2.75) is 38.4 Å². The van der Waals surface area contributed by atoms with Gasteiger partial charge in [-0.05, 0) is 80.4 Å². The Hall–Kier alpha value is -4.54. The van der Waals surface area contributed by atoms with Crippen LogP contribution in [0.25, 0.3) is 16.0 Å². The third-order valence-electron chi connectivity index (χ3n) is 6.68. The van der Waals surface area contributed by atoms with Crippen LogP contribution in [0.1, 0.15) is 32.3 Å². The molecule has 9 nitrogen and oxygen atoms in total. The first-order valence-electron chi connectivity index (χ1n) is 13.1. The Labute approximate surface area is 251 Å². The fourth-order valence-electron chi connectivity index (χ4n) is 4.52. The number of carbonyl (C=O) groups is 2. The minimum Gasteiger partial charge on any atom is -0.494 e. The van der Waals surface area contributed by atoms with Gasteiger partial charge in [-0.25, -0.2) is 4.79 Å². The van der Waals surface area contributed by atoms with Crippen LogP contribution in [0.2, 0.25) is 0 Å². The van der Waals surface area contributed by atoms with E-state index in [4.69, 9.17) is 33.4 Å². The number of carbonyl (C=O) groups excluding carboxylic acids is 1. The molecule has 13 heteroatoms. The van der Waals surface area contributed by atoms with E-state index in [1.165, 1.54) is 0 Å². The molecule has 2 heterocycles. The number of carboxylic acids is 1. The van der Waals surface area contributed by atoms with Crippen molar-refractivity contribution >= 4 is 46.4 Å². The van der Waals surface area contributed by atoms with E-state index in [1.54, 1.807) is 30.9 Å². The molecule has 4 rings (SSSR count). The first-order valence-corrected chi connectivity index (χ1v) is 13.5. The Bertz CT molecular complexity index is 1550. The largest absolute Gasteiger partial charge is 0.494 e. The number of pyridine rings is 1. The van der Waals surface area contributed by atoms with E-state index in [1.807, 2.05) is 36.4 Å². The summed E-state index contributed by atoms with van der Waals surface area (Å²) in [5.74, 6) is -1.65. The molecule has 1 N–H and O–H groups in total. The molecule has 3 aromatic rings. The second kappa shape index (κ2) is 12.8. The summed E-state index contributed by atoms with van der Waals surface area (Å²) in [5, 5.41) is 8.54. The highest BCUT2D eigenvalue weighted by molar-refractivity contribution is 7.81. The zero-order chi connectivity index (χ0) is 31.4. The fraction of sp³-hybridized carbons (Fsp3) is 0.300. The van der Waals surface area contributed by atoms with Crippen molar-refractivity contribution < 1.29 is 37.3 Å². The quantitative estimate of drug-likeness (QED) is 0.149. The number of hydrogen-bond acceptors (Lipinski definition) is 6. The first-order chi connectivity index (χ1) is 20.3. The summed E-state index contributed by atoms with van der Waals surface area (Å²) in [6.07, 6.45) is -2.40. The SMILES string of the molecule is [C-]#[N+]c1ncc(N2C(=O)C(C)(C)N(c3ccc(-c4ccc(OCCCCOCC(=O)O)cc4)cc3)C2=S)cc1C(F)(F)F. The van der Waals surface area contributed by atoms with Crippen molar-refractivity contribution in [3.8, 4) is 16.9 Å². The van der Waals surface area contributed by atoms with Gasteiger partial charge in [0.05, 0.1) is 17.9 Å². The first kappa shape index (κ1) is 31.4. The average molecular weight is 613 g/mol. The number of anilines is 2. The number of benzene rings is 2. The maximum atomic E-state index is 13.6. The number of alkyl halides is 3. The van der Waals surface area contributed by atoms with E-state index in [0.717, 1.165) is 28.3 Å². The lowest BCUT2D eigenvalue weighted by atomic mass is 10.0. The molecule has 1 aliphatic rings. The molecule has 0 atom stereocenters. The third-order valence-corrected chi connectivity index (χ3v) is 7.05. The molecule has 1 aromatic heterocycles. The van der Waals surface area contributed by atoms with E-state index in [-0.39, 0.29) is 17.4 Å². The number of thiocarbonyl (C=S) groups is 1. The molecule has 1 aliphatic heterocycles. The van der Waals surface area contributed by atoms with Crippen LogP contribution in [0.4, 0.5) is 30.4 Å². The van der Waals surface area contributed by atoms with Crippen LogP contribution in [0.5, 0.6) is 5.75 Å². The number of aliphatic carboxylic acids is 1. The Morgan fingerprint density at radius 2 is 1.65 bits per heavy atom. The Balaban J connectivity index is 1.45. The van der Waals surface area contributed by atoms with Gasteiger partial charge in [-0.15, -0.1) is 4.98 Å². The number of carboxylic acid groups (broad SMARTS) is 1. The lowest BCUT2D eigenvalue weighted by Gasteiger charge is -2.29. The van der Waals surface area contributed by atoms with E-state index in [0.29, 0.717) is 37.5 Å². The molecule has 0 bridgehead atoms. The number of amides is 1. The molecule has 0 radical (unpaired) electrons. The van der Waals surface area contributed by atoms with Crippen LogP contribution in [0.15, 0.2) is 60.8 Å². The number of halogens is 3. The van der Waals surface area contributed by atoms with Gasteiger partial charge < -0.3 is 24.3 Å². The van der Waals surface area contributed by atoms with E-state index < -0.39 is 35.0 Å². The maximum Gasteiger partial charge on any atom is 0.409 e. The number of aromatic nitrogens is 1. The van der Waals surface area contributed by atoms with Gasteiger partial charge in [0.25, 0.3) is 11.7 Å². The van der Waals surface area contributed by atoms with E-state index in [9.17, 15) is 22.8 Å². The van der Waals surface area contributed by atoms with Gasteiger partial charge in [0.2, 0.25) is 0 Å². The highest BCUT2D eigenvalue weighted by atomic mass is 32.1. The van der Waals surface area contributed by atoms with Crippen molar-refractivity contribution in [3.05, 3.63) is 77.8 Å². The highest BCUT2D eigenvalue weighted by Crippen LogP contribution is 2.41. The molecule has 0 spiro atoms. The van der Waals surface area contributed by atoms with Gasteiger partial charge in [0, 0.05) is 12.3 Å². The minimum absolute atomic E-state index is 0.0109. The zero-order valence-electron chi connectivity index (χ0n) is 23.2. The summed E-state index contributed by atoms with van der Waals surface area (Å²) in [6, 6.07) is 15.4. The lowest BCUT2D eigenvalue weighted by Crippen LogP contribution is -2.44. The number of unbranched alkanes of at least 4 members (excludes halogenated alkanes) is 1. The standard InChI is InChI=1S/C30H27F3N4O5S/c1-29(2)27(40)36(22-16-24(30(31,32)33)26(34-3)35-17-22)28(43)37(29)21-10-6-19(7-11-21)20-8-12-23(13-9-20)42-15-5-4-14-41-18-25(38)39/h6-13,16-17H,4-5,14-15,18H2,1-2H3,(H,38,39). The Morgan fingerprint density at radius 1 is 1.05 bits per heavy atom. The normalized spacial score (nSPS) is 14.6. The number of ether oxygens (including phenoxy) is 2. The van der Waals surface area contributed by atoms with Gasteiger partial charge >= 0.3 is 12.1 Å². The molecule has 0 saturated carbocycles. The molecule has 224 valence electrons. The molecule has 1 amide bonds. The Morgan fingerprint density at radius 3 is 2.23 bits per heavy atom. The summed E-state index contributed by atoms with van der Waals surface area (Å²) >= 11 is 5.58. The fourth-order valence-corrected chi connectivity index (χ4v) is 5.05. The predicted octanol–water partition coefficient (Wildman–Crippen LogP) is 6.50. The summed E-state index contributed by atoms with van der Waals surface area (Å²) in [7, 11) is 0. The molecule has 1 saturated heterocycles. The summed E-state index contributed by atoms with van der Waals surface area (Å²) in [5.41, 5.74) is -0.260. The van der Waals surface area contributed by atoms with Gasteiger partial charge in [-0.1, -0.05) is 30.8 Å².